The Balaban J connectivity index is 2.15. The molecule has 0 unspecified atom stereocenters. The standard InChI is InChI=1S/C17H27N3O3S2/c1-13(2)8-9-18-17(24)19-15-12-14(6-7-16(15)23-3)25(21,22)20-10-4-5-11-20/h6-7,12-13H,4-5,8-11H2,1-3H3,(H2,18,19,24). The molecule has 0 saturated carbocycles. The van der Waals surface area contributed by atoms with Gasteiger partial charge in [-0.05, 0) is 55.6 Å². The molecular weight excluding hydrogens is 358 g/mol. The molecule has 1 heterocycles. The topological polar surface area (TPSA) is 70.7 Å². The Hall–Kier alpha value is -1.38. The van der Waals surface area contributed by atoms with E-state index < -0.39 is 10.0 Å². The van der Waals surface area contributed by atoms with Gasteiger partial charge >= 0.3 is 0 Å². The van der Waals surface area contributed by atoms with Gasteiger partial charge in [-0.3, -0.25) is 0 Å². The third-order valence-corrected chi connectivity index (χ3v) is 6.27. The first-order valence-corrected chi connectivity index (χ1v) is 10.4. The Morgan fingerprint density at radius 2 is 2.00 bits per heavy atom. The summed E-state index contributed by atoms with van der Waals surface area (Å²) in [7, 11) is -1.93. The summed E-state index contributed by atoms with van der Waals surface area (Å²) in [6.45, 7) is 6.21. The van der Waals surface area contributed by atoms with Crippen LogP contribution < -0.4 is 15.4 Å². The zero-order valence-corrected chi connectivity index (χ0v) is 16.7. The largest absolute Gasteiger partial charge is 0.495 e. The zero-order chi connectivity index (χ0) is 18.4. The van der Waals surface area contributed by atoms with Gasteiger partial charge in [0, 0.05) is 19.6 Å². The highest BCUT2D eigenvalue weighted by atomic mass is 32.2. The van der Waals surface area contributed by atoms with E-state index in [9.17, 15) is 8.42 Å². The summed E-state index contributed by atoms with van der Waals surface area (Å²) in [5, 5.41) is 6.64. The van der Waals surface area contributed by atoms with Crippen LogP contribution in [0.1, 0.15) is 33.1 Å². The Morgan fingerprint density at radius 1 is 1.32 bits per heavy atom. The van der Waals surface area contributed by atoms with Crippen molar-refractivity contribution in [2.75, 3.05) is 32.1 Å². The van der Waals surface area contributed by atoms with Crippen LogP contribution in [0.5, 0.6) is 5.75 Å². The molecule has 1 aromatic carbocycles. The lowest BCUT2D eigenvalue weighted by molar-refractivity contribution is 0.416. The lowest BCUT2D eigenvalue weighted by Gasteiger charge is -2.18. The molecule has 0 bridgehead atoms. The van der Waals surface area contributed by atoms with Crippen molar-refractivity contribution in [3.05, 3.63) is 18.2 Å². The lowest BCUT2D eigenvalue weighted by Crippen LogP contribution is -2.30. The summed E-state index contributed by atoms with van der Waals surface area (Å²) in [5.74, 6) is 1.13. The smallest absolute Gasteiger partial charge is 0.243 e. The first-order chi connectivity index (χ1) is 11.8. The molecule has 25 heavy (non-hydrogen) atoms. The van der Waals surface area contributed by atoms with E-state index in [0.717, 1.165) is 25.8 Å². The number of nitrogens with zero attached hydrogens (tertiary/aromatic N) is 1. The molecule has 0 aliphatic carbocycles. The Bertz CT molecular complexity index is 699. The van der Waals surface area contributed by atoms with Crippen LogP contribution in [0.3, 0.4) is 0 Å². The van der Waals surface area contributed by atoms with Crippen molar-refractivity contribution in [1.29, 1.82) is 0 Å². The van der Waals surface area contributed by atoms with E-state index in [-0.39, 0.29) is 4.90 Å². The molecule has 0 radical (unpaired) electrons. The van der Waals surface area contributed by atoms with Gasteiger partial charge < -0.3 is 15.4 Å². The van der Waals surface area contributed by atoms with Gasteiger partial charge in [0.05, 0.1) is 17.7 Å². The van der Waals surface area contributed by atoms with Gasteiger partial charge in [0.15, 0.2) is 5.11 Å². The second-order valence-electron chi connectivity index (χ2n) is 6.54. The molecule has 0 aromatic heterocycles. The number of anilines is 1. The molecule has 1 aromatic rings. The third kappa shape index (κ3) is 5.29. The van der Waals surface area contributed by atoms with Crippen molar-refractivity contribution >= 4 is 33.0 Å². The lowest BCUT2D eigenvalue weighted by atomic mass is 10.1. The van der Waals surface area contributed by atoms with Crippen molar-refractivity contribution in [1.82, 2.24) is 9.62 Å². The molecular formula is C17H27N3O3S2. The second kappa shape index (κ2) is 8.82. The Morgan fingerprint density at radius 3 is 2.60 bits per heavy atom. The molecule has 1 aliphatic heterocycles. The predicted molar refractivity (Wildman–Crippen MR) is 105 cm³/mol. The van der Waals surface area contributed by atoms with E-state index in [1.165, 1.54) is 4.31 Å². The number of sulfonamides is 1. The van der Waals surface area contributed by atoms with Gasteiger partial charge in [0.2, 0.25) is 10.0 Å². The van der Waals surface area contributed by atoms with Gasteiger partial charge in [-0.2, -0.15) is 4.31 Å². The van der Waals surface area contributed by atoms with Gasteiger partial charge in [-0.15, -0.1) is 0 Å². The maximum atomic E-state index is 12.7. The van der Waals surface area contributed by atoms with Crippen LogP contribution in [0.25, 0.3) is 0 Å². The van der Waals surface area contributed by atoms with Crippen LogP contribution in [-0.4, -0.2) is 44.6 Å². The fraction of sp³-hybridized carbons (Fsp3) is 0.588. The van der Waals surface area contributed by atoms with Crippen LogP contribution in [0.2, 0.25) is 0 Å². The summed E-state index contributed by atoms with van der Waals surface area (Å²) in [6, 6.07) is 4.82. The summed E-state index contributed by atoms with van der Waals surface area (Å²) in [5.41, 5.74) is 0.546. The number of hydrogen-bond donors (Lipinski definition) is 2. The average molecular weight is 386 g/mol. The van der Waals surface area contributed by atoms with Crippen LogP contribution in [0, 0.1) is 5.92 Å². The first-order valence-electron chi connectivity index (χ1n) is 8.57. The number of thiocarbonyl (C=S) groups is 1. The third-order valence-electron chi connectivity index (χ3n) is 4.13. The molecule has 140 valence electrons. The fourth-order valence-electron chi connectivity index (χ4n) is 2.66. The Labute approximate surface area is 156 Å². The number of hydrogen-bond acceptors (Lipinski definition) is 4. The molecule has 0 atom stereocenters. The Kier molecular flexibility index (Phi) is 7.04. The number of ether oxygens (including phenoxy) is 1. The molecule has 0 spiro atoms. The van der Waals surface area contributed by atoms with E-state index in [1.807, 2.05) is 0 Å². The van der Waals surface area contributed by atoms with Gasteiger partial charge in [0.25, 0.3) is 0 Å². The summed E-state index contributed by atoms with van der Waals surface area (Å²) >= 11 is 5.30. The molecule has 1 fully saturated rings. The summed E-state index contributed by atoms with van der Waals surface area (Å²) in [6.07, 6.45) is 2.82. The highest BCUT2D eigenvalue weighted by molar-refractivity contribution is 7.89. The summed E-state index contributed by atoms with van der Waals surface area (Å²) in [4.78, 5) is 0.252. The van der Waals surface area contributed by atoms with Crippen LogP contribution in [0.15, 0.2) is 23.1 Å². The van der Waals surface area contributed by atoms with Gasteiger partial charge in [-0.25, -0.2) is 8.42 Å². The van der Waals surface area contributed by atoms with Gasteiger partial charge in [-0.1, -0.05) is 13.8 Å². The second-order valence-corrected chi connectivity index (χ2v) is 8.88. The number of methoxy groups -OCH3 is 1. The average Bonchev–Trinajstić information content (AvgIpc) is 3.09. The van der Waals surface area contributed by atoms with Crippen molar-refractivity contribution < 1.29 is 13.2 Å². The maximum Gasteiger partial charge on any atom is 0.243 e. The number of benzene rings is 1. The van der Waals surface area contributed by atoms with E-state index in [4.69, 9.17) is 17.0 Å². The number of nitrogens with one attached hydrogen (secondary N) is 2. The number of rotatable bonds is 7. The zero-order valence-electron chi connectivity index (χ0n) is 15.0. The predicted octanol–water partition coefficient (Wildman–Crippen LogP) is 2.81. The highest BCUT2D eigenvalue weighted by Crippen LogP contribution is 2.30. The van der Waals surface area contributed by atoms with Crippen LogP contribution in [0.4, 0.5) is 5.69 Å². The quantitative estimate of drug-likeness (QED) is 0.704. The van der Waals surface area contributed by atoms with E-state index in [0.29, 0.717) is 35.6 Å². The molecule has 1 saturated heterocycles. The van der Waals surface area contributed by atoms with Crippen molar-refractivity contribution in [3.63, 3.8) is 0 Å². The molecule has 2 N–H and O–H groups in total. The minimum atomic E-state index is -3.48. The van der Waals surface area contributed by atoms with Crippen molar-refractivity contribution in [2.24, 2.45) is 5.92 Å². The molecule has 6 nitrogen and oxygen atoms in total. The minimum Gasteiger partial charge on any atom is -0.495 e. The summed E-state index contributed by atoms with van der Waals surface area (Å²) < 4.78 is 32.3. The van der Waals surface area contributed by atoms with Crippen LogP contribution >= 0.6 is 12.2 Å². The van der Waals surface area contributed by atoms with E-state index in [2.05, 4.69) is 24.5 Å². The molecule has 1 aliphatic rings. The normalized spacial score (nSPS) is 15.4. The van der Waals surface area contributed by atoms with Crippen LogP contribution in [-0.2, 0) is 10.0 Å². The minimum absolute atomic E-state index is 0.252. The highest BCUT2D eigenvalue weighted by Gasteiger charge is 2.27. The van der Waals surface area contributed by atoms with Gasteiger partial charge in [0.1, 0.15) is 5.75 Å². The van der Waals surface area contributed by atoms with E-state index >= 15 is 0 Å². The van der Waals surface area contributed by atoms with Crippen molar-refractivity contribution in [2.45, 2.75) is 38.0 Å². The molecule has 8 heteroatoms. The van der Waals surface area contributed by atoms with E-state index in [1.54, 1.807) is 25.3 Å². The maximum absolute atomic E-state index is 12.7. The van der Waals surface area contributed by atoms with Crippen molar-refractivity contribution in [3.8, 4) is 5.75 Å². The molecule has 0 amide bonds. The molecule has 2 rings (SSSR count). The SMILES string of the molecule is COc1ccc(S(=O)(=O)N2CCCC2)cc1NC(=S)NCCC(C)C. The fourth-order valence-corrected chi connectivity index (χ4v) is 4.42. The monoisotopic (exact) mass is 385 g/mol. The first kappa shape index (κ1) is 19.9.